The van der Waals surface area contributed by atoms with Crippen LogP contribution in [0.25, 0.3) is 0 Å². The monoisotopic (exact) mass is 480 g/mol. The molecule has 0 radical (unpaired) electrons. The number of rotatable bonds is 10. The third-order valence-electron chi connectivity index (χ3n) is 5.84. The first-order valence-electron chi connectivity index (χ1n) is 11.3. The van der Waals surface area contributed by atoms with Gasteiger partial charge >= 0.3 is 5.97 Å². The topological polar surface area (TPSA) is 90.1 Å². The van der Waals surface area contributed by atoms with Crippen molar-refractivity contribution < 1.29 is 28.5 Å². The summed E-state index contributed by atoms with van der Waals surface area (Å²) < 4.78 is 21.2. The Kier molecular flexibility index (Phi) is 8.41. The molecule has 3 rings (SSSR count). The van der Waals surface area contributed by atoms with Crippen LogP contribution in [0, 0.1) is 13.8 Å². The number of aromatic amines is 1. The second-order valence-corrected chi connectivity index (χ2v) is 8.06. The quantitative estimate of drug-likeness (QED) is 0.424. The highest BCUT2D eigenvalue weighted by molar-refractivity contribution is 5.95. The van der Waals surface area contributed by atoms with Crippen molar-refractivity contribution in [3.63, 3.8) is 0 Å². The fraction of sp³-hybridized carbons (Fsp3) is 0.333. The summed E-state index contributed by atoms with van der Waals surface area (Å²) in [7, 11) is 4.70. The molecule has 2 aromatic carbocycles. The number of aryl methyl sites for hydroxylation is 1. The van der Waals surface area contributed by atoms with Gasteiger partial charge in [-0.05, 0) is 61.7 Å². The lowest BCUT2D eigenvalue weighted by molar-refractivity contribution is 0.0519. The summed E-state index contributed by atoms with van der Waals surface area (Å²) in [5.41, 5.74) is 4.21. The largest absolute Gasteiger partial charge is 0.497 e. The van der Waals surface area contributed by atoms with Crippen LogP contribution in [0.15, 0.2) is 42.5 Å². The predicted molar refractivity (Wildman–Crippen MR) is 132 cm³/mol. The molecule has 0 fully saturated rings. The fourth-order valence-electron chi connectivity index (χ4n) is 3.89. The Hall–Kier alpha value is -3.94. The number of hydrogen-bond donors (Lipinski definition) is 1. The van der Waals surface area contributed by atoms with Crippen LogP contribution in [0.2, 0.25) is 0 Å². The summed E-state index contributed by atoms with van der Waals surface area (Å²) in [6.07, 6.45) is 0. The Morgan fingerprint density at radius 3 is 2.00 bits per heavy atom. The lowest BCUT2D eigenvalue weighted by atomic mass is 10.1. The number of benzene rings is 2. The number of carbonyl (C=O) groups is 2. The van der Waals surface area contributed by atoms with Gasteiger partial charge in [0.1, 0.15) is 22.9 Å². The third kappa shape index (κ3) is 5.95. The van der Waals surface area contributed by atoms with Gasteiger partial charge in [-0.15, -0.1) is 0 Å². The van der Waals surface area contributed by atoms with Gasteiger partial charge in [0, 0.05) is 30.4 Å². The van der Waals surface area contributed by atoms with E-state index in [-0.39, 0.29) is 19.1 Å². The molecule has 0 unspecified atom stereocenters. The Bertz CT molecular complexity index is 1160. The van der Waals surface area contributed by atoms with E-state index in [0.29, 0.717) is 29.3 Å². The lowest BCUT2D eigenvalue weighted by Crippen LogP contribution is -2.30. The van der Waals surface area contributed by atoms with Gasteiger partial charge in [0.05, 0.1) is 27.9 Å². The molecule has 35 heavy (non-hydrogen) atoms. The molecule has 0 saturated carbocycles. The normalized spacial score (nSPS) is 10.6. The summed E-state index contributed by atoms with van der Waals surface area (Å²) in [6.45, 7) is 6.43. The van der Waals surface area contributed by atoms with E-state index in [2.05, 4.69) is 4.98 Å². The van der Waals surface area contributed by atoms with Crippen LogP contribution in [0.3, 0.4) is 0 Å². The molecule has 0 aliphatic heterocycles. The molecule has 0 spiro atoms. The lowest BCUT2D eigenvalue weighted by Gasteiger charge is -2.24. The molecule has 0 aliphatic carbocycles. The zero-order chi connectivity index (χ0) is 25.5. The number of aromatic nitrogens is 1. The summed E-state index contributed by atoms with van der Waals surface area (Å²) in [5, 5.41) is 0. The van der Waals surface area contributed by atoms with E-state index in [1.807, 2.05) is 38.1 Å². The number of methoxy groups -OCH3 is 3. The molecule has 8 heteroatoms. The first-order chi connectivity index (χ1) is 16.8. The van der Waals surface area contributed by atoms with E-state index in [4.69, 9.17) is 18.9 Å². The standard InChI is InChI=1S/C27H32N2O6/c1-7-35-27(31)25-17(2)24(18(3)28-25)16-29(15-19-8-10-21(32-4)11-9-19)26(30)20-12-22(33-5)14-23(13-20)34-6/h8-14,28H,7,15-16H2,1-6H3. The Balaban J connectivity index is 2.00. The van der Waals surface area contributed by atoms with Crippen LogP contribution in [0.5, 0.6) is 17.2 Å². The summed E-state index contributed by atoms with van der Waals surface area (Å²) in [4.78, 5) is 31.0. The number of esters is 1. The smallest absolute Gasteiger partial charge is 0.355 e. The van der Waals surface area contributed by atoms with Crippen molar-refractivity contribution in [1.82, 2.24) is 9.88 Å². The summed E-state index contributed by atoms with van der Waals surface area (Å²) in [5.74, 6) is 1.17. The van der Waals surface area contributed by atoms with Crippen molar-refractivity contribution in [3.05, 3.63) is 76.1 Å². The van der Waals surface area contributed by atoms with Crippen molar-refractivity contribution in [3.8, 4) is 17.2 Å². The van der Waals surface area contributed by atoms with Crippen LogP contribution in [0.1, 0.15) is 50.2 Å². The predicted octanol–water partition coefficient (Wildman–Crippen LogP) is 4.68. The number of ether oxygens (including phenoxy) is 4. The second kappa shape index (κ2) is 11.5. The maximum atomic E-state index is 13.8. The average molecular weight is 481 g/mol. The van der Waals surface area contributed by atoms with Gasteiger partial charge in [-0.2, -0.15) is 0 Å². The number of nitrogens with zero attached hydrogens (tertiary/aromatic N) is 1. The molecule has 8 nitrogen and oxygen atoms in total. The summed E-state index contributed by atoms with van der Waals surface area (Å²) in [6, 6.07) is 12.7. The van der Waals surface area contributed by atoms with E-state index in [1.165, 1.54) is 0 Å². The minimum absolute atomic E-state index is 0.198. The Morgan fingerprint density at radius 2 is 1.46 bits per heavy atom. The summed E-state index contributed by atoms with van der Waals surface area (Å²) >= 11 is 0. The zero-order valence-electron chi connectivity index (χ0n) is 21.1. The van der Waals surface area contributed by atoms with E-state index in [0.717, 1.165) is 28.1 Å². The number of nitrogens with one attached hydrogen (secondary N) is 1. The first kappa shape index (κ1) is 25.7. The van der Waals surface area contributed by atoms with Crippen LogP contribution < -0.4 is 14.2 Å². The van der Waals surface area contributed by atoms with Gasteiger partial charge in [-0.1, -0.05) is 12.1 Å². The van der Waals surface area contributed by atoms with E-state index in [1.54, 1.807) is 51.4 Å². The number of H-pyrrole nitrogens is 1. The zero-order valence-corrected chi connectivity index (χ0v) is 21.1. The molecule has 0 bridgehead atoms. The van der Waals surface area contributed by atoms with Crippen LogP contribution in [0.4, 0.5) is 0 Å². The molecule has 1 N–H and O–H groups in total. The number of carbonyl (C=O) groups excluding carboxylic acids is 2. The Morgan fingerprint density at radius 1 is 0.857 bits per heavy atom. The van der Waals surface area contributed by atoms with Crippen molar-refractivity contribution in [1.29, 1.82) is 0 Å². The highest BCUT2D eigenvalue weighted by atomic mass is 16.5. The van der Waals surface area contributed by atoms with Gasteiger partial charge in [0.25, 0.3) is 5.91 Å². The molecule has 1 aromatic heterocycles. The molecule has 3 aromatic rings. The van der Waals surface area contributed by atoms with Crippen LogP contribution >= 0.6 is 0 Å². The highest BCUT2D eigenvalue weighted by Crippen LogP contribution is 2.27. The van der Waals surface area contributed by atoms with Crippen molar-refractivity contribution in [2.24, 2.45) is 0 Å². The van der Waals surface area contributed by atoms with Gasteiger partial charge < -0.3 is 28.8 Å². The SMILES string of the molecule is CCOC(=O)c1[nH]c(C)c(CN(Cc2ccc(OC)cc2)C(=O)c2cc(OC)cc(OC)c2)c1C. The van der Waals surface area contributed by atoms with Crippen molar-refractivity contribution in [2.45, 2.75) is 33.9 Å². The van der Waals surface area contributed by atoms with Crippen molar-refractivity contribution >= 4 is 11.9 Å². The maximum absolute atomic E-state index is 13.8. The maximum Gasteiger partial charge on any atom is 0.355 e. The second-order valence-electron chi connectivity index (χ2n) is 8.06. The average Bonchev–Trinajstić information content (AvgIpc) is 3.16. The minimum atomic E-state index is -0.412. The third-order valence-corrected chi connectivity index (χ3v) is 5.84. The van der Waals surface area contributed by atoms with E-state index < -0.39 is 5.97 Å². The molecule has 186 valence electrons. The molecule has 0 atom stereocenters. The Labute approximate surface area is 205 Å². The van der Waals surface area contributed by atoms with Gasteiger partial charge in [0.2, 0.25) is 0 Å². The highest BCUT2D eigenvalue weighted by Gasteiger charge is 2.24. The van der Waals surface area contributed by atoms with Gasteiger partial charge in [-0.25, -0.2) is 4.79 Å². The van der Waals surface area contributed by atoms with Crippen LogP contribution in [-0.2, 0) is 17.8 Å². The van der Waals surface area contributed by atoms with Crippen molar-refractivity contribution in [2.75, 3.05) is 27.9 Å². The first-order valence-corrected chi connectivity index (χ1v) is 11.3. The van der Waals surface area contributed by atoms with Crippen LogP contribution in [-0.4, -0.2) is 49.7 Å². The van der Waals surface area contributed by atoms with Gasteiger partial charge in [-0.3, -0.25) is 4.79 Å². The number of hydrogen-bond acceptors (Lipinski definition) is 6. The molecule has 1 heterocycles. The molecule has 1 amide bonds. The van der Waals surface area contributed by atoms with Gasteiger partial charge in [0.15, 0.2) is 0 Å². The molecule has 0 saturated heterocycles. The number of amides is 1. The molecular weight excluding hydrogens is 448 g/mol. The molecule has 0 aliphatic rings. The van der Waals surface area contributed by atoms with E-state index >= 15 is 0 Å². The van der Waals surface area contributed by atoms with E-state index in [9.17, 15) is 9.59 Å². The fourth-order valence-corrected chi connectivity index (χ4v) is 3.89. The minimum Gasteiger partial charge on any atom is -0.497 e. The molecular formula is C27H32N2O6.